The molecule has 0 amide bonds. The number of imidazole rings is 1. The highest BCUT2D eigenvalue weighted by atomic mass is 35.5. The second-order valence-electron chi connectivity index (χ2n) is 10.6. The largest absolute Gasteiger partial charge is 0.477 e. The Labute approximate surface area is 239 Å². The van der Waals surface area contributed by atoms with E-state index in [0.29, 0.717) is 40.5 Å². The van der Waals surface area contributed by atoms with Gasteiger partial charge in [0.1, 0.15) is 26.4 Å². The lowest BCUT2D eigenvalue weighted by atomic mass is 9.88. The van der Waals surface area contributed by atoms with E-state index in [1.54, 1.807) is 12.3 Å². The number of rotatable bonds is 7. The maximum Gasteiger partial charge on any atom is 0.346 e. The van der Waals surface area contributed by atoms with Gasteiger partial charge < -0.3 is 23.9 Å². The highest BCUT2D eigenvalue weighted by Crippen LogP contribution is 2.49. The first kappa shape index (κ1) is 25.7. The number of piperidine rings is 1. The van der Waals surface area contributed by atoms with Crippen LogP contribution in [0.25, 0.3) is 10.3 Å². The van der Waals surface area contributed by atoms with E-state index in [-0.39, 0.29) is 6.10 Å². The molecule has 3 aromatic heterocycles. The number of carboxylic acid groups (broad SMARTS) is 1. The zero-order valence-corrected chi connectivity index (χ0v) is 23.5. The average Bonchev–Trinajstić information content (AvgIpc) is 3.58. The predicted molar refractivity (Wildman–Crippen MR) is 148 cm³/mol. The number of aromatic nitrogens is 4. The summed E-state index contributed by atoms with van der Waals surface area (Å²) in [6.45, 7) is 5.86. The lowest BCUT2D eigenvalue weighted by molar-refractivity contribution is -0.0725. The van der Waals surface area contributed by atoms with Crippen molar-refractivity contribution in [2.45, 2.75) is 57.1 Å². The molecule has 2 atom stereocenters. The number of carboxylic acids is 1. The summed E-state index contributed by atoms with van der Waals surface area (Å²) in [5.74, 6) is 0.792. The monoisotopic (exact) mass is 581 g/mol. The molecule has 3 aliphatic heterocycles. The van der Waals surface area contributed by atoms with Gasteiger partial charge in [0.15, 0.2) is 11.5 Å². The molecule has 0 radical (unpaired) electrons. The molecule has 0 aliphatic carbocycles. The van der Waals surface area contributed by atoms with Crippen molar-refractivity contribution in [2.75, 3.05) is 19.7 Å². The van der Waals surface area contributed by atoms with Crippen LogP contribution in [-0.2, 0) is 23.6 Å². The van der Waals surface area contributed by atoms with Crippen molar-refractivity contribution in [3.05, 3.63) is 63.8 Å². The van der Waals surface area contributed by atoms with Crippen LogP contribution in [0.4, 0.5) is 0 Å². The zero-order valence-electron chi connectivity index (χ0n) is 21.9. The first-order valence-corrected chi connectivity index (χ1v) is 14.6. The van der Waals surface area contributed by atoms with E-state index in [0.717, 1.165) is 66.4 Å². The SMILES string of the molecule is CC1(c2cnc(Cl)cn2)Oc2cccc(C3CCN(Cc4nc5sc(C(=O)O)cc5n4CC4CCO4)CC3)c2O1. The first-order valence-electron chi connectivity index (χ1n) is 13.4. The van der Waals surface area contributed by atoms with Crippen molar-refractivity contribution in [2.24, 2.45) is 0 Å². The van der Waals surface area contributed by atoms with Crippen molar-refractivity contribution < 1.29 is 24.1 Å². The van der Waals surface area contributed by atoms with Gasteiger partial charge in [0.2, 0.25) is 0 Å². The number of nitrogens with zero attached hydrogens (tertiary/aromatic N) is 5. The van der Waals surface area contributed by atoms with E-state index in [2.05, 4.69) is 25.5 Å². The number of halogens is 1. The molecule has 1 aromatic carbocycles. The number of carbonyl (C=O) groups is 1. The summed E-state index contributed by atoms with van der Waals surface area (Å²) in [6, 6.07) is 7.81. The van der Waals surface area contributed by atoms with Crippen LogP contribution in [0.15, 0.2) is 36.7 Å². The average molecular weight is 582 g/mol. The minimum atomic E-state index is -1.06. The molecule has 2 fully saturated rings. The fourth-order valence-corrected chi connectivity index (χ4v) is 6.74. The van der Waals surface area contributed by atoms with E-state index in [4.69, 9.17) is 30.8 Å². The second-order valence-corrected chi connectivity index (χ2v) is 12.0. The van der Waals surface area contributed by atoms with Gasteiger partial charge in [-0.25, -0.2) is 19.7 Å². The molecule has 2 unspecified atom stereocenters. The molecule has 10 nitrogen and oxygen atoms in total. The Kier molecular flexibility index (Phi) is 6.42. The van der Waals surface area contributed by atoms with E-state index in [1.807, 2.05) is 19.1 Å². The predicted octanol–water partition coefficient (Wildman–Crippen LogP) is 5.05. The number of hydrogen-bond acceptors (Lipinski definition) is 9. The Morgan fingerprint density at radius 2 is 2.02 bits per heavy atom. The van der Waals surface area contributed by atoms with Crippen molar-refractivity contribution >= 4 is 39.3 Å². The molecular formula is C28H28ClN5O5S. The van der Waals surface area contributed by atoms with Gasteiger partial charge in [-0.05, 0) is 50.4 Å². The summed E-state index contributed by atoms with van der Waals surface area (Å²) >= 11 is 7.16. The topological polar surface area (TPSA) is 112 Å². The highest BCUT2D eigenvalue weighted by Gasteiger charge is 2.42. The number of benzene rings is 1. The molecular weight excluding hydrogens is 554 g/mol. The van der Waals surface area contributed by atoms with Gasteiger partial charge in [0.25, 0.3) is 5.79 Å². The Morgan fingerprint density at radius 1 is 1.20 bits per heavy atom. The summed E-state index contributed by atoms with van der Waals surface area (Å²) in [6.07, 6.45) is 6.19. The van der Waals surface area contributed by atoms with Crippen LogP contribution in [-0.4, -0.2) is 61.3 Å². The number of ether oxygens (including phenoxy) is 3. The van der Waals surface area contributed by atoms with Crippen LogP contribution in [0.1, 0.15) is 58.9 Å². The third-order valence-electron chi connectivity index (χ3n) is 8.01. The maximum atomic E-state index is 11.5. The molecule has 12 heteroatoms. The number of hydrogen-bond donors (Lipinski definition) is 1. The maximum absolute atomic E-state index is 11.5. The number of fused-ring (bicyclic) bond motifs is 2. The Balaban J connectivity index is 1.06. The minimum Gasteiger partial charge on any atom is -0.477 e. The summed E-state index contributed by atoms with van der Waals surface area (Å²) in [5, 5.41) is 9.77. The van der Waals surface area contributed by atoms with Gasteiger partial charge in [0.05, 0.1) is 37.1 Å². The molecule has 3 aliphatic rings. The molecule has 4 aromatic rings. The molecule has 2 saturated heterocycles. The second kappa shape index (κ2) is 9.99. The van der Waals surface area contributed by atoms with Crippen molar-refractivity contribution in [1.82, 2.24) is 24.4 Å². The normalized spacial score (nSPS) is 23.0. The molecule has 0 saturated carbocycles. The highest BCUT2D eigenvalue weighted by molar-refractivity contribution is 7.20. The molecule has 208 valence electrons. The number of likely N-dealkylation sites (tertiary alicyclic amines) is 1. The van der Waals surface area contributed by atoms with Crippen LogP contribution in [0, 0.1) is 0 Å². The van der Waals surface area contributed by atoms with Crippen LogP contribution < -0.4 is 9.47 Å². The Morgan fingerprint density at radius 3 is 2.73 bits per heavy atom. The van der Waals surface area contributed by atoms with Crippen LogP contribution >= 0.6 is 22.9 Å². The first-order chi connectivity index (χ1) is 19.4. The van der Waals surface area contributed by atoms with Crippen molar-refractivity contribution in [3.63, 3.8) is 0 Å². The summed E-state index contributed by atoms with van der Waals surface area (Å²) in [5.41, 5.74) is 2.59. The molecule has 1 N–H and O–H groups in total. The molecule has 7 rings (SSSR count). The van der Waals surface area contributed by atoms with Gasteiger partial charge in [-0.2, -0.15) is 0 Å². The van der Waals surface area contributed by atoms with Crippen LogP contribution in [0.2, 0.25) is 5.15 Å². The molecule has 6 heterocycles. The van der Waals surface area contributed by atoms with E-state index in [9.17, 15) is 9.90 Å². The Bertz CT molecular complexity index is 1580. The number of aromatic carboxylic acids is 1. The van der Waals surface area contributed by atoms with Gasteiger partial charge >= 0.3 is 5.97 Å². The standard InChI is InChI=1S/C28H28ClN5O5S/c1-28(22-12-31-23(29)13-30-22)38-20-4-2-3-18(25(20)39-28)16-5-8-33(9-6-16)15-24-32-26-19(11-21(40-26)27(35)36)34(24)14-17-7-10-37-17/h2-4,11-13,16-17H,5-10,14-15H2,1H3,(H,35,36). The lowest BCUT2D eigenvalue weighted by Crippen LogP contribution is -2.35. The fourth-order valence-electron chi connectivity index (χ4n) is 5.75. The van der Waals surface area contributed by atoms with E-state index >= 15 is 0 Å². The third-order valence-corrected chi connectivity index (χ3v) is 9.21. The summed E-state index contributed by atoms with van der Waals surface area (Å²) < 4.78 is 20.5. The lowest BCUT2D eigenvalue weighted by Gasteiger charge is -2.33. The van der Waals surface area contributed by atoms with Crippen LogP contribution in [0.5, 0.6) is 11.5 Å². The number of thiophene rings is 1. The van der Waals surface area contributed by atoms with E-state index < -0.39 is 11.8 Å². The molecule has 0 bridgehead atoms. The minimum absolute atomic E-state index is 0.155. The quantitative estimate of drug-likeness (QED) is 0.320. The fraction of sp³-hybridized carbons (Fsp3) is 0.429. The van der Waals surface area contributed by atoms with Gasteiger partial charge in [-0.15, -0.1) is 11.3 Å². The van der Waals surface area contributed by atoms with Crippen LogP contribution in [0.3, 0.4) is 0 Å². The van der Waals surface area contributed by atoms with E-state index in [1.165, 1.54) is 17.5 Å². The molecule has 0 spiro atoms. The van der Waals surface area contributed by atoms with Gasteiger partial charge in [-0.3, -0.25) is 4.90 Å². The zero-order chi connectivity index (χ0) is 27.4. The van der Waals surface area contributed by atoms with Gasteiger partial charge in [0, 0.05) is 19.1 Å². The van der Waals surface area contributed by atoms with Gasteiger partial charge in [-0.1, -0.05) is 23.7 Å². The smallest absolute Gasteiger partial charge is 0.346 e. The van der Waals surface area contributed by atoms with Crippen molar-refractivity contribution in [3.8, 4) is 11.5 Å². The third kappa shape index (κ3) is 4.60. The number of para-hydroxylation sites is 1. The summed E-state index contributed by atoms with van der Waals surface area (Å²) in [4.78, 5) is 28.4. The summed E-state index contributed by atoms with van der Waals surface area (Å²) in [7, 11) is 0. The Hall–Kier alpha value is -3.25. The van der Waals surface area contributed by atoms with Crippen molar-refractivity contribution in [1.29, 1.82) is 0 Å². The molecule has 40 heavy (non-hydrogen) atoms.